The summed E-state index contributed by atoms with van der Waals surface area (Å²) in [6, 6.07) is 31.6. The van der Waals surface area contributed by atoms with Gasteiger partial charge in [-0.15, -0.1) is 32.8 Å². The van der Waals surface area contributed by atoms with E-state index in [1.54, 1.807) is 79.1 Å². The van der Waals surface area contributed by atoms with Gasteiger partial charge in [-0.25, -0.2) is 4.79 Å². The maximum Gasteiger partial charge on any atom is 0.470 e. The molecule has 2 fully saturated rings. The van der Waals surface area contributed by atoms with Gasteiger partial charge in [-0.05, 0) is 80.4 Å². The Morgan fingerprint density at radius 2 is 1.02 bits per heavy atom. The average Bonchev–Trinajstić information content (AvgIpc) is 3.94. The number of alkyl halides is 6. The number of nitrogens with zero attached hydrogens (tertiary/aromatic N) is 7. The van der Waals surface area contributed by atoms with Crippen LogP contribution >= 0.6 is 12.4 Å². The summed E-state index contributed by atoms with van der Waals surface area (Å²) in [7, 11) is 0. The van der Waals surface area contributed by atoms with E-state index in [1.807, 2.05) is 60.7 Å². The number of carbonyl (C=O) groups excluding carboxylic acids is 3. The number of anilines is 2. The van der Waals surface area contributed by atoms with Crippen LogP contribution in [-0.4, -0.2) is 75.0 Å². The number of rotatable bonds is 10. The fourth-order valence-electron chi connectivity index (χ4n) is 6.60. The second-order valence-corrected chi connectivity index (χ2v) is 16.2. The molecule has 21 heteroatoms. The molecule has 2 aromatic heterocycles. The third-order valence-electron chi connectivity index (χ3n) is 10.1. The van der Waals surface area contributed by atoms with E-state index in [1.165, 1.54) is 4.90 Å². The summed E-state index contributed by atoms with van der Waals surface area (Å²) in [4.78, 5) is 43.3. The molecule has 6 aromatic rings. The molecule has 0 spiro atoms. The minimum atomic E-state index is -4.72. The van der Waals surface area contributed by atoms with Gasteiger partial charge >= 0.3 is 30.2 Å². The number of hydrogen-bond acceptors (Lipinski definition) is 11. The van der Waals surface area contributed by atoms with Crippen molar-refractivity contribution in [2.24, 2.45) is 11.8 Å². The van der Waals surface area contributed by atoms with Crippen molar-refractivity contribution in [1.29, 1.82) is 0 Å². The van der Waals surface area contributed by atoms with Gasteiger partial charge in [0.25, 0.3) is 0 Å². The van der Waals surface area contributed by atoms with E-state index in [0.29, 0.717) is 36.4 Å². The summed E-state index contributed by atoms with van der Waals surface area (Å²) >= 11 is 0. The number of benzene rings is 4. The first-order valence-corrected chi connectivity index (χ1v) is 20.2. The number of nitrogens with one attached hydrogen (secondary N) is 1. The largest absolute Gasteiger partial charge is 0.470 e. The zero-order chi connectivity index (χ0) is 46.5. The van der Waals surface area contributed by atoms with Gasteiger partial charge in [0.15, 0.2) is 0 Å². The van der Waals surface area contributed by atoms with E-state index in [4.69, 9.17) is 13.6 Å². The first-order valence-electron chi connectivity index (χ1n) is 20.2. The number of amides is 3. The zero-order valence-corrected chi connectivity index (χ0v) is 36.4. The summed E-state index contributed by atoms with van der Waals surface area (Å²) < 4.78 is 90.9. The smallest absolute Gasteiger partial charge is 0.444 e. The number of carbonyl (C=O) groups is 3. The molecule has 0 aliphatic carbocycles. The van der Waals surface area contributed by atoms with Crippen LogP contribution in [0.4, 0.5) is 42.5 Å². The molecule has 0 bridgehead atoms. The maximum atomic E-state index is 13.4. The highest BCUT2D eigenvalue weighted by molar-refractivity contribution is 5.97. The van der Waals surface area contributed by atoms with Crippen LogP contribution < -0.4 is 15.1 Å². The number of para-hydroxylation sites is 2. The van der Waals surface area contributed by atoms with Gasteiger partial charge < -0.3 is 33.6 Å². The van der Waals surface area contributed by atoms with Gasteiger partial charge in [-0.3, -0.25) is 9.59 Å². The predicted octanol–water partition coefficient (Wildman–Crippen LogP) is 9.09. The highest BCUT2D eigenvalue weighted by atomic mass is 35.5. The molecule has 14 nitrogen and oxygen atoms in total. The molecule has 1 N–H and O–H groups in total. The molecule has 66 heavy (non-hydrogen) atoms. The van der Waals surface area contributed by atoms with E-state index in [9.17, 15) is 40.7 Å². The van der Waals surface area contributed by atoms with E-state index in [-0.39, 0.29) is 67.5 Å². The average molecular weight is 941 g/mol. The Hall–Kier alpha value is -6.80. The molecule has 2 saturated heterocycles. The molecular weight excluding hydrogens is 898 g/mol. The first-order chi connectivity index (χ1) is 30.8. The third-order valence-corrected chi connectivity index (χ3v) is 10.1. The lowest BCUT2D eigenvalue weighted by atomic mass is 9.98. The summed E-state index contributed by atoms with van der Waals surface area (Å²) in [6.07, 6.45) is -9.86. The van der Waals surface area contributed by atoms with Gasteiger partial charge in [0, 0.05) is 48.7 Å². The van der Waals surface area contributed by atoms with Crippen molar-refractivity contribution in [1.82, 2.24) is 30.6 Å². The van der Waals surface area contributed by atoms with Crippen LogP contribution in [0.25, 0.3) is 22.9 Å². The fourth-order valence-corrected chi connectivity index (χ4v) is 6.60. The molecule has 348 valence electrons. The number of likely N-dealkylation sites (tertiary alicyclic amines) is 1. The fraction of sp³-hybridized carbons (Fsp3) is 0.311. The quantitative estimate of drug-likeness (QED) is 0.131. The van der Waals surface area contributed by atoms with Crippen LogP contribution in [-0.2, 0) is 39.8 Å². The van der Waals surface area contributed by atoms with Crippen LogP contribution in [0.2, 0.25) is 0 Å². The Morgan fingerprint density at radius 3 is 1.35 bits per heavy atom. The Morgan fingerprint density at radius 1 is 0.621 bits per heavy atom. The summed E-state index contributed by atoms with van der Waals surface area (Å²) in [5, 5.41) is 16.1. The van der Waals surface area contributed by atoms with Crippen LogP contribution in [0.5, 0.6) is 0 Å². The molecular formula is C45H43ClF6N8O6. The van der Waals surface area contributed by atoms with Crippen molar-refractivity contribution < 1.29 is 54.3 Å². The lowest BCUT2D eigenvalue weighted by molar-refractivity contribution is -0.157. The van der Waals surface area contributed by atoms with Crippen molar-refractivity contribution in [3.8, 4) is 22.9 Å². The number of aromatic nitrogens is 4. The zero-order valence-electron chi connectivity index (χ0n) is 35.5. The Bertz CT molecular complexity index is 2560. The number of ether oxygens (including phenoxy) is 1. The minimum Gasteiger partial charge on any atom is -0.444 e. The van der Waals surface area contributed by atoms with Crippen molar-refractivity contribution >= 4 is 41.7 Å². The lowest BCUT2D eigenvalue weighted by Gasteiger charge is -2.41. The van der Waals surface area contributed by atoms with Gasteiger partial charge in [-0.1, -0.05) is 60.7 Å². The molecule has 0 saturated carbocycles. The van der Waals surface area contributed by atoms with Gasteiger partial charge in [0.05, 0.1) is 24.9 Å². The molecule has 0 unspecified atom stereocenters. The number of hydrogen-bond donors (Lipinski definition) is 1. The molecule has 4 heterocycles. The summed E-state index contributed by atoms with van der Waals surface area (Å²) in [6.45, 7) is 7.74. The van der Waals surface area contributed by atoms with Crippen LogP contribution in [0.3, 0.4) is 0 Å². The molecule has 4 aromatic carbocycles. The van der Waals surface area contributed by atoms with E-state index in [0.717, 1.165) is 16.8 Å². The Kier molecular flexibility index (Phi) is 14.9. The Labute approximate surface area is 380 Å². The number of halogens is 7. The van der Waals surface area contributed by atoms with Crippen LogP contribution in [0.15, 0.2) is 118 Å². The summed E-state index contributed by atoms with van der Waals surface area (Å²) in [5.41, 5.74) is 3.13. The molecule has 0 atom stereocenters. The van der Waals surface area contributed by atoms with Gasteiger partial charge in [0.2, 0.25) is 23.6 Å². The van der Waals surface area contributed by atoms with Crippen LogP contribution in [0.1, 0.15) is 43.7 Å². The van der Waals surface area contributed by atoms with Crippen molar-refractivity contribution in [3.63, 3.8) is 0 Å². The molecule has 2 aliphatic heterocycles. The van der Waals surface area contributed by atoms with E-state index >= 15 is 0 Å². The van der Waals surface area contributed by atoms with E-state index < -0.39 is 35.8 Å². The first kappa shape index (κ1) is 48.7. The molecule has 3 amide bonds. The van der Waals surface area contributed by atoms with Gasteiger partial charge in [-0.2, -0.15) is 26.3 Å². The Balaban J connectivity index is 0.000000220. The third kappa shape index (κ3) is 12.1. The highest BCUT2D eigenvalue weighted by Gasteiger charge is 2.41. The van der Waals surface area contributed by atoms with Crippen molar-refractivity contribution in [2.75, 3.05) is 36.0 Å². The monoisotopic (exact) mass is 940 g/mol. The van der Waals surface area contributed by atoms with Crippen molar-refractivity contribution in [2.45, 2.75) is 51.8 Å². The SMILES string of the molecule is CC(C)(C)OC(=O)N1CC(C(=O)N(Cc2ccc(-c3nnc(C(F)(F)F)o3)cc2)c2ccccc2)C1.Cl.O=C(C1CNC1)N(Cc1ccc(-c2nnc(C(F)(F)F)o2)cc1)c1ccccc1. The second-order valence-electron chi connectivity index (χ2n) is 16.2. The van der Waals surface area contributed by atoms with Gasteiger partial charge in [0.1, 0.15) is 5.60 Å². The van der Waals surface area contributed by atoms with Crippen LogP contribution in [0, 0.1) is 11.8 Å². The highest BCUT2D eigenvalue weighted by Crippen LogP contribution is 2.33. The predicted molar refractivity (Wildman–Crippen MR) is 230 cm³/mol. The maximum absolute atomic E-state index is 13.4. The lowest BCUT2D eigenvalue weighted by Crippen LogP contribution is -2.57. The summed E-state index contributed by atoms with van der Waals surface area (Å²) in [5.74, 6) is -3.80. The minimum absolute atomic E-state index is 0. The topological polar surface area (TPSA) is 160 Å². The molecule has 8 rings (SSSR count). The molecule has 0 radical (unpaired) electrons. The molecule has 2 aliphatic rings. The normalized spacial score (nSPS) is 14.2. The van der Waals surface area contributed by atoms with E-state index in [2.05, 4.69) is 25.7 Å². The standard InChI is InChI=1S/C25H25F3N4O4.C20H17F3N4O2.ClH/c1-24(2,3)36-23(34)31-14-18(15-31)21(33)32(19-7-5-4-6-8-19)13-16-9-11-17(12-10-16)20-29-30-22(35-20)25(26,27)28;21-20(22,23)19-26-25-17(29-19)14-8-6-13(7-9-14)12-27(16-4-2-1-3-5-16)18(28)15-10-24-11-15;/h4-12,18H,13-15H2,1-3H3;1-9,15,24H,10-12H2;1H. The second kappa shape index (κ2) is 20.2. The van der Waals surface area contributed by atoms with Crippen molar-refractivity contribution in [3.05, 3.63) is 132 Å².